The number of rotatable bonds is 3. The van der Waals surface area contributed by atoms with Gasteiger partial charge in [-0.05, 0) is 6.42 Å². The van der Waals surface area contributed by atoms with Gasteiger partial charge in [0, 0.05) is 20.1 Å². The summed E-state index contributed by atoms with van der Waals surface area (Å²) in [5.41, 5.74) is 0. The van der Waals surface area contributed by atoms with Crippen molar-refractivity contribution in [2.45, 2.75) is 18.6 Å². The molecule has 0 aromatic carbocycles. The summed E-state index contributed by atoms with van der Waals surface area (Å²) >= 11 is 0. The summed E-state index contributed by atoms with van der Waals surface area (Å²) in [5.74, 6) is 0.0245. The van der Waals surface area contributed by atoms with Gasteiger partial charge in [0.15, 0.2) is 0 Å². The number of likely N-dealkylation sites (N-methyl/N-ethyl adjacent to an activating group) is 1. The van der Waals surface area contributed by atoms with E-state index in [0.717, 1.165) is 0 Å². The lowest BCUT2D eigenvalue weighted by Gasteiger charge is -2.19. The van der Waals surface area contributed by atoms with Gasteiger partial charge in [0.1, 0.15) is 0 Å². The number of carbonyl (C=O) groups excluding carboxylic acids is 1. The summed E-state index contributed by atoms with van der Waals surface area (Å²) in [6.07, 6.45) is 1.81. The van der Waals surface area contributed by atoms with Crippen molar-refractivity contribution in [3.63, 3.8) is 0 Å². The molecule has 1 aliphatic heterocycles. The van der Waals surface area contributed by atoms with Crippen molar-refractivity contribution in [1.29, 1.82) is 0 Å². The highest BCUT2D eigenvalue weighted by Gasteiger charge is 2.29. The Hall–Kier alpha value is -0.870. The van der Waals surface area contributed by atoms with Gasteiger partial charge in [-0.15, -0.1) is 6.58 Å². The minimum Gasteiger partial charge on any atom is -0.392 e. The van der Waals surface area contributed by atoms with Crippen molar-refractivity contribution in [3.05, 3.63) is 12.7 Å². The Morgan fingerprint density at radius 3 is 3.00 bits per heavy atom. The zero-order valence-electron chi connectivity index (χ0n) is 7.86. The van der Waals surface area contributed by atoms with Gasteiger partial charge >= 0.3 is 0 Å². The molecule has 2 N–H and O–H groups in total. The van der Waals surface area contributed by atoms with Gasteiger partial charge in [-0.25, -0.2) is 0 Å². The van der Waals surface area contributed by atoms with Crippen LogP contribution in [-0.4, -0.2) is 48.2 Å². The molecule has 4 nitrogen and oxygen atoms in total. The van der Waals surface area contributed by atoms with Crippen LogP contribution < -0.4 is 5.32 Å². The molecule has 0 aromatic rings. The Morgan fingerprint density at radius 1 is 1.85 bits per heavy atom. The topological polar surface area (TPSA) is 52.6 Å². The smallest absolute Gasteiger partial charge is 0.239 e. The van der Waals surface area contributed by atoms with Crippen molar-refractivity contribution < 1.29 is 9.90 Å². The van der Waals surface area contributed by atoms with Gasteiger partial charge in [0.2, 0.25) is 5.91 Å². The second-order valence-corrected chi connectivity index (χ2v) is 3.36. The van der Waals surface area contributed by atoms with Crippen LogP contribution in [0.25, 0.3) is 0 Å². The van der Waals surface area contributed by atoms with Gasteiger partial charge in [-0.1, -0.05) is 6.08 Å². The molecule has 0 radical (unpaired) electrons. The van der Waals surface area contributed by atoms with Crippen molar-refractivity contribution >= 4 is 5.91 Å². The zero-order valence-corrected chi connectivity index (χ0v) is 7.86. The first-order valence-corrected chi connectivity index (χ1v) is 4.42. The summed E-state index contributed by atoms with van der Waals surface area (Å²) in [6.45, 7) is 4.62. The molecule has 2 unspecified atom stereocenters. The van der Waals surface area contributed by atoms with Gasteiger partial charge in [0.05, 0.1) is 12.1 Å². The van der Waals surface area contributed by atoms with Crippen molar-refractivity contribution in [2.24, 2.45) is 0 Å². The highest BCUT2D eigenvalue weighted by atomic mass is 16.3. The second-order valence-electron chi connectivity index (χ2n) is 3.36. The van der Waals surface area contributed by atoms with Crippen LogP contribution in [0.15, 0.2) is 12.7 Å². The molecular formula is C9H16N2O2. The Labute approximate surface area is 78.2 Å². The lowest BCUT2D eigenvalue weighted by Crippen LogP contribution is -2.41. The van der Waals surface area contributed by atoms with E-state index in [2.05, 4.69) is 11.9 Å². The van der Waals surface area contributed by atoms with Crippen LogP contribution in [0, 0.1) is 0 Å². The summed E-state index contributed by atoms with van der Waals surface area (Å²) in [5, 5.41) is 12.2. The van der Waals surface area contributed by atoms with Crippen LogP contribution in [0.1, 0.15) is 6.42 Å². The Balaban J connectivity index is 2.43. The minimum atomic E-state index is -0.383. The maximum absolute atomic E-state index is 11.6. The summed E-state index contributed by atoms with van der Waals surface area (Å²) in [4.78, 5) is 13.2. The maximum atomic E-state index is 11.6. The van der Waals surface area contributed by atoms with Gasteiger partial charge < -0.3 is 15.3 Å². The third-order valence-electron chi connectivity index (χ3n) is 2.18. The van der Waals surface area contributed by atoms with E-state index in [0.29, 0.717) is 19.5 Å². The number of amides is 1. The molecule has 0 saturated carbocycles. The SMILES string of the molecule is C=CCN(C)C(=O)C1CC(O)CN1. The molecule has 74 valence electrons. The number of hydrogen-bond acceptors (Lipinski definition) is 3. The first-order chi connectivity index (χ1) is 6.15. The third kappa shape index (κ3) is 2.54. The Bertz CT molecular complexity index is 206. The average molecular weight is 184 g/mol. The molecule has 1 heterocycles. The van der Waals surface area contributed by atoms with E-state index in [-0.39, 0.29) is 18.1 Å². The fourth-order valence-corrected chi connectivity index (χ4v) is 1.45. The van der Waals surface area contributed by atoms with E-state index >= 15 is 0 Å². The Kier molecular flexibility index (Phi) is 3.45. The molecule has 1 amide bonds. The largest absolute Gasteiger partial charge is 0.392 e. The fourth-order valence-electron chi connectivity index (χ4n) is 1.45. The number of nitrogens with one attached hydrogen (secondary N) is 1. The molecule has 0 aliphatic carbocycles. The molecule has 13 heavy (non-hydrogen) atoms. The van der Waals surface area contributed by atoms with Gasteiger partial charge in [-0.3, -0.25) is 4.79 Å². The number of aliphatic hydroxyl groups excluding tert-OH is 1. The number of carbonyl (C=O) groups is 1. The molecule has 1 aliphatic rings. The molecule has 1 saturated heterocycles. The van der Waals surface area contributed by atoms with E-state index < -0.39 is 0 Å². The van der Waals surface area contributed by atoms with E-state index in [9.17, 15) is 9.90 Å². The normalized spacial score (nSPS) is 27.2. The zero-order chi connectivity index (χ0) is 9.84. The quantitative estimate of drug-likeness (QED) is 0.573. The van der Waals surface area contributed by atoms with Crippen LogP contribution in [0.3, 0.4) is 0 Å². The molecular weight excluding hydrogens is 168 g/mol. The van der Waals surface area contributed by atoms with Crippen LogP contribution in [0.5, 0.6) is 0 Å². The standard InChI is InChI=1S/C9H16N2O2/c1-3-4-11(2)9(13)8-5-7(12)6-10-8/h3,7-8,10,12H,1,4-6H2,2H3. The van der Waals surface area contributed by atoms with E-state index in [1.807, 2.05) is 0 Å². The highest BCUT2D eigenvalue weighted by Crippen LogP contribution is 2.08. The van der Waals surface area contributed by atoms with Gasteiger partial charge in [0.25, 0.3) is 0 Å². The van der Waals surface area contributed by atoms with E-state index in [4.69, 9.17) is 0 Å². The van der Waals surface area contributed by atoms with Crippen molar-refractivity contribution in [2.75, 3.05) is 20.1 Å². The van der Waals surface area contributed by atoms with Crippen LogP contribution in [0.4, 0.5) is 0 Å². The first-order valence-electron chi connectivity index (χ1n) is 4.42. The average Bonchev–Trinajstić information content (AvgIpc) is 2.51. The molecule has 0 bridgehead atoms. The molecule has 2 atom stereocenters. The summed E-state index contributed by atoms with van der Waals surface area (Å²) < 4.78 is 0. The maximum Gasteiger partial charge on any atom is 0.239 e. The molecule has 1 rings (SSSR count). The summed E-state index contributed by atoms with van der Waals surface area (Å²) in [6, 6.07) is -0.222. The minimum absolute atomic E-state index is 0.0245. The molecule has 4 heteroatoms. The highest BCUT2D eigenvalue weighted by molar-refractivity contribution is 5.82. The van der Waals surface area contributed by atoms with Crippen molar-refractivity contribution in [3.8, 4) is 0 Å². The predicted octanol–water partition coefficient (Wildman–Crippen LogP) is -0.646. The number of hydrogen-bond donors (Lipinski definition) is 2. The number of nitrogens with zero attached hydrogens (tertiary/aromatic N) is 1. The molecule has 1 fully saturated rings. The van der Waals surface area contributed by atoms with E-state index in [1.54, 1.807) is 18.0 Å². The van der Waals surface area contributed by atoms with Crippen LogP contribution >= 0.6 is 0 Å². The fraction of sp³-hybridized carbons (Fsp3) is 0.667. The van der Waals surface area contributed by atoms with E-state index in [1.165, 1.54) is 0 Å². The molecule has 0 spiro atoms. The number of aliphatic hydroxyl groups is 1. The van der Waals surface area contributed by atoms with Crippen LogP contribution in [0.2, 0.25) is 0 Å². The Morgan fingerprint density at radius 2 is 2.54 bits per heavy atom. The monoisotopic (exact) mass is 184 g/mol. The van der Waals surface area contributed by atoms with Gasteiger partial charge in [-0.2, -0.15) is 0 Å². The summed E-state index contributed by atoms with van der Waals surface area (Å²) in [7, 11) is 1.73. The van der Waals surface area contributed by atoms with Crippen LogP contribution in [-0.2, 0) is 4.79 Å². The lowest BCUT2D eigenvalue weighted by molar-refractivity contribution is -0.131. The second kappa shape index (κ2) is 4.39. The number of β-amino-alcohol motifs (C(OH)–C–C–N with tert-alkyl or cyclic N) is 1. The van der Waals surface area contributed by atoms with Crippen molar-refractivity contribution in [1.82, 2.24) is 10.2 Å². The first kappa shape index (κ1) is 10.2. The third-order valence-corrected chi connectivity index (χ3v) is 2.18. The molecule has 0 aromatic heterocycles. The predicted molar refractivity (Wildman–Crippen MR) is 50.2 cm³/mol. The lowest BCUT2D eigenvalue weighted by atomic mass is 10.2.